The quantitative estimate of drug-likeness (QED) is 0.234. The van der Waals surface area contributed by atoms with E-state index in [2.05, 4.69) is 27.8 Å². The lowest BCUT2D eigenvalue weighted by Gasteiger charge is -2.18. The summed E-state index contributed by atoms with van der Waals surface area (Å²) in [6.45, 7) is 5.11. The Morgan fingerprint density at radius 3 is 2.73 bits per heavy atom. The van der Waals surface area contributed by atoms with Gasteiger partial charge in [0.2, 0.25) is 5.91 Å². The van der Waals surface area contributed by atoms with Gasteiger partial charge < -0.3 is 25.4 Å². The number of amides is 1. The van der Waals surface area contributed by atoms with Gasteiger partial charge in [-0.1, -0.05) is 42.5 Å². The van der Waals surface area contributed by atoms with Crippen LogP contribution in [0.3, 0.4) is 0 Å². The van der Waals surface area contributed by atoms with Crippen LogP contribution in [0.1, 0.15) is 30.6 Å². The van der Waals surface area contributed by atoms with Gasteiger partial charge in [0, 0.05) is 38.5 Å². The maximum Gasteiger partial charge on any atom is 0.223 e. The van der Waals surface area contributed by atoms with Gasteiger partial charge in [0.25, 0.3) is 0 Å². The molecule has 1 heterocycles. The number of aliphatic imine (C=N–C) groups is 1. The molecule has 0 aromatic heterocycles. The highest BCUT2D eigenvalue weighted by Crippen LogP contribution is 2.20. The molecule has 2 atom stereocenters. The fourth-order valence-electron chi connectivity index (χ4n) is 3.83. The number of ether oxygens (including phenoxy) is 1. The third-order valence-electron chi connectivity index (χ3n) is 5.61. The molecule has 1 fully saturated rings. The number of likely N-dealkylation sites (tertiary alicyclic amines) is 1. The van der Waals surface area contributed by atoms with E-state index >= 15 is 0 Å². The van der Waals surface area contributed by atoms with E-state index in [9.17, 15) is 9.90 Å². The Hall–Kier alpha value is -2.33. The molecule has 3 N–H and O–H groups in total. The number of aliphatic hydroxyl groups excluding tert-OH is 1. The standard InChI is InChI=1S/C25H34N4O3.HI/c1-3-26-25(28-17-23(30)21-10-7-11-22(15-21)32-2)27-16-20-14-24(31)29(18-20)13-12-19-8-5-4-6-9-19;/h4-11,15,20,23,30H,3,12-14,16-18H2,1-2H3,(H2,26,27,28);1H. The number of methoxy groups -OCH3 is 1. The van der Waals surface area contributed by atoms with Crippen LogP contribution in [0.2, 0.25) is 0 Å². The number of benzene rings is 2. The Bertz CT molecular complexity index is 894. The van der Waals surface area contributed by atoms with Gasteiger partial charge in [-0.15, -0.1) is 24.0 Å². The first-order chi connectivity index (χ1) is 15.6. The van der Waals surface area contributed by atoms with Crippen molar-refractivity contribution in [2.24, 2.45) is 10.9 Å². The smallest absolute Gasteiger partial charge is 0.223 e. The fraction of sp³-hybridized carbons (Fsp3) is 0.440. The van der Waals surface area contributed by atoms with Gasteiger partial charge in [-0.05, 0) is 36.6 Å². The van der Waals surface area contributed by atoms with E-state index in [1.54, 1.807) is 7.11 Å². The number of guanidine groups is 1. The highest BCUT2D eigenvalue weighted by Gasteiger charge is 2.29. The first-order valence-corrected chi connectivity index (χ1v) is 11.2. The summed E-state index contributed by atoms with van der Waals surface area (Å²) in [4.78, 5) is 18.9. The van der Waals surface area contributed by atoms with Gasteiger partial charge in [-0.2, -0.15) is 0 Å². The Morgan fingerprint density at radius 1 is 1.21 bits per heavy atom. The first kappa shape index (κ1) is 26.9. The number of nitrogens with one attached hydrogen (secondary N) is 2. The summed E-state index contributed by atoms with van der Waals surface area (Å²) < 4.78 is 5.22. The van der Waals surface area contributed by atoms with Gasteiger partial charge in [-0.3, -0.25) is 9.79 Å². The second-order valence-electron chi connectivity index (χ2n) is 8.04. The molecule has 7 nitrogen and oxygen atoms in total. The van der Waals surface area contributed by atoms with Crippen LogP contribution in [0.25, 0.3) is 0 Å². The van der Waals surface area contributed by atoms with Crippen molar-refractivity contribution in [2.75, 3.05) is 39.8 Å². The monoisotopic (exact) mass is 566 g/mol. The molecule has 180 valence electrons. The van der Waals surface area contributed by atoms with E-state index in [4.69, 9.17) is 4.74 Å². The zero-order valence-electron chi connectivity index (χ0n) is 19.4. The molecular formula is C25H35IN4O3. The lowest BCUT2D eigenvalue weighted by atomic mass is 10.1. The van der Waals surface area contributed by atoms with Gasteiger partial charge in [-0.25, -0.2) is 0 Å². The SMILES string of the molecule is CCNC(=NCC(O)c1cccc(OC)c1)NCC1CC(=O)N(CCc2ccccc2)C1.I. The number of hydrogen-bond acceptors (Lipinski definition) is 4. The third-order valence-corrected chi connectivity index (χ3v) is 5.61. The van der Waals surface area contributed by atoms with Gasteiger partial charge in [0.1, 0.15) is 5.75 Å². The van der Waals surface area contributed by atoms with Crippen LogP contribution in [0.4, 0.5) is 0 Å². The summed E-state index contributed by atoms with van der Waals surface area (Å²) >= 11 is 0. The molecule has 0 spiro atoms. The Labute approximate surface area is 213 Å². The van der Waals surface area contributed by atoms with Crippen molar-refractivity contribution in [3.8, 4) is 5.75 Å². The van der Waals surface area contributed by atoms with Gasteiger partial charge in [0.15, 0.2) is 5.96 Å². The number of rotatable bonds is 10. The van der Waals surface area contributed by atoms with Crippen LogP contribution in [0.15, 0.2) is 59.6 Å². The molecule has 2 aromatic carbocycles. The Morgan fingerprint density at radius 2 is 2.00 bits per heavy atom. The maximum atomic E-state index is 12.4. The van der Waals surface area contributed by atoms with Crippen LogP contribution in [0.5, 0.6) is 5.75 Å². The number of nitrogens with zero attached hydrogens (tertiary/aromatic N) is 2. The van der Waals surface area contributed by atoms with E-state index in [1.165, 1.54) is 5.56 Å². The normalized spacial score (nSPS) is 16.8. The lowest BCUT2D eigenvalue weighted by Crippen LogP contribution is -2.40. The number of carbonyl (C=O) groups is 1. The zero-order chi connectivity index (χ0) is 22.8. The summed E-state index contributed by atoms with van der Waals surface area (Å²) in [5, 5.41) is 17.0. The molecule has 1 aliphatic heterocycles. The fourth-order valence-corrected chi connectivity index (χ4v) is 3.83. The molecule has 3 rings (SSSR count). The Kier molecular flexibility index (Phi) is 11.5. The molecule has 1 aliphatic rings. The van der Waals surface area contributed by atoms with E-state index in [0.717, 1.165) is 25.1 Å². The number of hydrogen-bond donors (Lipinski definition) is 3. The third kappa shape index (κ3) is 8.51. The van der Waals surface area contributed by atoms with Crippen molar-refractivity contribution in [1.29, 1.82) is 0 Å². The van der Waals surface area contributed by atoms with Crippen molar-refractivity contribution in [2.45, 2.75) is 25.9 Å². The molecule has 2 aromatic rings. The minimum atomic E-state index is -0.720. The summed E-state index contributed by atoms with van der Waals surface area (Å²) in [5.41, 5.74) is 2.01. The van der Waals surface area contributed by atoms with Crippen LogP contribution in [0, 0.1) is 5.92 Å². The van der Waals surface area contributed by atoms with E-state index in [0.29, 0.717) is 31.2 Å². The van der Waals surface area contributed by atoms with Crippen molar-refractivity contribution in [1.82, 2.24) is 15.5 Å². The number of aliphatic hydroxyl groups is 1. The summed E-state index contributed by atoms with van der Waals surface area (Å²) in [7, 11) is 1.60. The molecule has 33 heavy (non-hydrogen) atoms. The minimum Gasteiger partial charge on any atom is -0.497 e. The predicted octanol–water partition coefficient (Wildman–Crippen LogP) is 2.99. The second kappa shape index (κ2) is 14.0. The second-order valence-corrected chi connectivity index (χ2v) is 8.04. The molecule has 2 unspecified atom stereocenters. The highest BCUT2D eigenvalue weighted by molar-refractivity contribution is 14.0. The molecule has 0 aliphatic carbocycles. The average Bonchev–Trinajstić information content (AvgIpc) is 3.19. The van der Waals surface area contributed by atoms with Crippen molar-refractivity contribution in [3.63, 3.8) is 0 Å². The summed E-state index contributed by atoms with van der Waals surface area (Å²) in [6, 6.07) is 17.6. The summed E-state index contributed by atoms with van der Waals surface area (Å²) in [6.07, 6.45) is 0.703. The number of carbonyl (C=O) groups excluding carboxylic acids is 1. The predicted molar refractivity (Wildman–Crippen MR) is 142 cm³/mol. The minimum absolute atomic E-state index is 0. The van der Waals surface area contributed by atoms with E-state index in [1.807, 2.05) is 54.3 Å². The van der Waals surface area contributed by atoms with Crippen LogP contribution in [-0.2, 0) is 11.2 Å². The zero-order valence-corrected chi connectivity index (χ0v) is 21.7. The van der Waals surface area contributed by atoms with Crippen LogP contribution in [-0.4, -0.2) is 61.7 Å². The Balaban J connectivity index is 0.00000385. The van der Waals surface area contributed by atoms with E-state index in [-0.39, 0.29) is 42.3 Å². The maximum absolute atomic E-state index is 12.4. The van der Waals surface area contributed by atoms with Crippen molar-refractivity contribution >= 4 is 35.8 Å². The van der Waals surface area contributed by atoms with Gasteiger partial charge in [0.05, 0.1) is 19.8 Å². The molecule has 0 radical (unpaired) electrons. The van der Waals surface area contributed by atoms with E-state index < -0.39 is 6.10 Å². The summed E-state index contributed by atoms with van der Waals surface area (Å²) in [5.74, 6) is 1.80. The number of halogens is 1. The first-order valence-electron chi connectivity index (χ1n) is 11.2. The van der Waals surface area contributed by atoms with Crippen LogP contribution < -0.4 is 15.4 Å². The van der Waals surface area contributed by atoms with Crippen molar-refractivity contribution < 1.29 is 14.6 Å². The molecule has 8 heteroatoms. The topological polar surface area (TPSA) is 86.2 Å². The molecule has 1 amide bonds. The van der Waals surface area contributed by atoms with Gasteiger partial charge >= 0.3 is 0 Å². The van der Waals surface area contributed by atoms with Crippen LogP contribution >= 0.6 is 24.0 Å². The highest BCUT2D eigenvalue weighted by atomic mass is 127. The molecule has 0 bridgehead atoms. The molecule has 0 saturated carbocycles. The van der Waals surface area contributed by atoms with Crippen molar-refractivity contribution in [3.05, 3.63) is 65.7 Å². The average molecular weight is 566 g/mol. The molecule has 1 saturated heterocycles. The lowest BCUT2D eigenvalue weighted by molar-refractivity contribution is -0.127. The molecular weight excluding hydrogens is 531 g/mol. The largest absolute Gasteiger partial charge is 0.497 e.